The highest BCUT2D eigenvalue weighted by Crippen LogP contribution is 2.35. The van der Waals surface area contributed by atoms with Crippen LogP contribution in [0, 0.1) is 0 Å². The van der Waals surface area contributed by atoms with Crippen molar-refractivity contribution < 1.29 is 0 Å². The van der Waals surface area contributed by atoms with E-state index in [4.69, 9.17) is 4.98 Å². The van der Waals surface area contributed by atoms with Crippen molar-refractivity contribution in [2.24, 2.45) is 7.05 Å². The second kappa shape index (κ2) is 5.20. The third kappa shape index (κ3) is 2.13. The molecule has 4 heteroatoms. The Balaban J connectivity index is 1.60. The van der Waals surface area contributed by atoms with Gasteiger partial charge in [-0.05, 0) is 42.7 Å². The normalized spacial score (nSPS) is 15.7. The second-order valence-electron chi connectivity index (χ2n) is 6.89. The Morgan fingerprint density at radius 3 is 2.88 bits per heavy atom. The average Bonchev–Trinajstić information content (AvgIpc) is 3.31. The van der Waals surface area contributed by atoms with Crippen molar-refractivity contribution in [2.45, 2.75) is 31.6 Å². The fourth-order valence-electron chi connectivity index (χ4n) is 4.02. The monoisotopic (exact) mass is 316 g/mol. The fourth-order valence-corrected chi connectivity index (χ4v) is 4.02. The van der Waals surface area contributed by atoms with Crippen LogP contribution in [0.25, 0.3) is 33.1 Å². The summed E-state index contributed by atoms with van der Waals surface area (Å²) in [5.74, 6) is 0.646. The predicted molar refractivity (Wildman–Crippen MR) is 97.0 cm³/mol. The smallest absolute Gasteiger partial charge is 0.138 e. The Labute approximate surface area is 140 Å². The third-order valence-electron chi connectivity index (χ3n) is 5.26. The van der Waals surface area contributed by atoms with Crippen LogP contribution in [-0.2, 0) is 7.05 Å². The van der Waals surface area contributed by atoms with Crippen LogP contribution in [0.5, 0.6) is 0 Å². The maximum absolute atomic E-state index is 4.90. The van der Waals surface area contributed by atoms with Gasteiger partial charge in [0.2, 0.25) is 0 Å². The number of benzene rings is 1. The molecule has 0 spiro atoms. The number of fused-ring (bicyclic) bond motifs is 2. The second-order valence-corrected chi connectivity index (χ2v) is 6.89. The first-order chi connectivity index (χ1) is 11.8. The molecule has 0 radical (unpaired) electrons. The zero-order valence-electron chi connectivity index (χ0n) is 13.8. The molecule has 4 nitrogen and oxygen atoms in total. The van der Waals surface area contributed by atoms with Crippen molar-refractivity contribution in [3.63, 3.8) is 0 Å². The van der Waals surface area contributed by atoms with Gasteiger partial charge in [-0.2, -0.15) is 5.10 Å². The van der Waals surface area contributed by atoms with E-state index in [0.29, 0.717) is 5.92 Å². The van der Waals surface area contributed by atoms with Gasteiger partial charge in [0.1, 0.15) is 5.65 Å². The fraction of sp³-hybridized carbons (Fsp3) is 0.300. The summed E-state index contributed by atoms with van der Waals surface area (Å²) < 4.78 is 1.86. The van der Waals surface area contributed by atoms with Gasteiger partial charge in [0.25, 0.3) is 0 Å². The highest BCUT2D eigenvalue weighted by molar-refractivity contribution is 5.96. The first kappa shape index (κ1) is 13.8. The van der Waals surface area contributed by atoms with Gasteiger partial charge in [0, 0.05) is 47.4 Å². The van der Waals surface area contributed by atoms with Crippen LogP contribution in [-0.4, -0.2) is 19.7 Å². The van der Waals surface area contributed by atoms with Gasteiger partial charge < -0.3 is 4.98 Å². The van der Waals surface area contributed by atoms with Gasteiger partial charge in [-0.1, -0.05) is 18.9 Å². The first-order valence-corrected chi connectivity index (χ1v) is 8.70. The standard InChI is InChI=1S/C20H20N4/c1-24-12-15-10-14(6-8-19(15)23-24)17-11-21-20-16(17)7-9-18(22-20)13-4-2-3-5-13/h6-13H,2-5H2,1H3,(H,21,22). The van der Waals surface area contributed by atoms with E-state index in [1.54, 1.807) is 0 Å². The summed E-state index contributed by atoms with van der Waals surface area (Å²) in [7, 11) is 1.96. The summed E-state index contributed by atoms with van der Waals surface area (Å²) >= 11 is 0. The van der Waals surface area contributed by atoms with E-state index in [-0.39, 0.29) is 0 Å². The maximum atomic E-state index is 4.90. The molecule has 5 rings (SSSR count). The molecule has 0 bridgehead atoms. The lowest BCUT2D eigenvalue weighted by Crippen LogP contribution is -1.96. The average molecular weight is 316 g/mol. The van der Waals surface area contributed by atoms with Gasteiger partial charge in [-0.15, -0.1) is 0 Å². The minimum absolute atomic E-state index is 0.646. The molecule has 120 valence electrons. The molecule has 4 aromatic rings. The predicted octanol–water partition coefficient (Wildman–Crippen LogP) is 4.77. The van der Waals surface area contributed by atoms with Crippen LogP contribution in [0.3, 0.4) is 0 Å². The zero-order valence-corrected chi connectivity index (χ0v) is 13.8. The number of hydrogen-bond acceptors (Lipinski definition) is 2. The van der Waals surface area contributed by atoms with Gasteiger partial charge in [0.15, 0.2) is 0 Å². The van der Waals surface area contributed by atoms with Gasteiger partial charge in [-0.3, -0.25) is 4.68 Å². The summed E-state index contributed by atoms with van der Waals surface area (Å²) in [5, 5.41) is 6.81. The molecule has 3 aromatic heterocycles. The molecule has 1 N–H and O–H groups in total. The van der Waals surface area contributed by atoms with E-state index in [1.165, 1.54) is 53.3 Å². The van der Waals surface area contributed by atoms with Crippen LogP contribution in [0.1, 0.15) is 37.3 Å². The minimum atomic E-state index is 0.646. The molecule has 24 heavy (non-hydrogen) atoms. The van der Waals surface area contributed by atoms with Crippen LogP contribution >= 0.6 is 0 Å². The van der Waals surface area contributed by atoms with E-state index < -0.39 is 0 Å². The van der Waals surface area contributed by atoms with Crippen LogP contribution < -0.4 is 0 Å². The summed E-state index contributed by atoms with van der Waals surface area (Å²) in [4.78, 5) is 8.27. The number of pyridine rings is 1. The molecule has 0 atom stereocenters. The molecule has 0 amide bonds. The van der Waals surface area contributed by atoms with Crippen molar-refractivity contribution in [3.05, 3.63) is 48.4 Å². The molecule has 1 aromatic carbocycles. The van der Waals surface area contributed by atoms with E-state index in [1.807, 2.05) is 11.7 Å². The summed E-state index contributed by atoms with van der Waals surface area (Å²) in [6.45, 7) is 0. The lowest BCUT2D eigenvalue weighted by atomic mass is 10.0. The molecular weight excluding hydrogens is 296 g/mol. The topological polar surface area (TPSA) is 46.5 Å². The molecular formula is C20H20N4. The molecule has 1 fully saturated rings. The molecule has 0 unspecified atom stereocenters. The van der Waals surface area contributed by atoms with Crippen LogP contribution in [0.4, 0.5) is 0 Å². The minimum Gasteiger partial charge on any atom is -0.346 e. The zero-order chi connectivity index (χ0) is 16.1. The lowest BCUT2D eigenvalue weighted by Gasteiger charge is -2.08. The summed E-state index contributed by atoms with van der Waals surface area (Å²) in [6.07, 6.45) is 9.38. The Morgan fingerprint density at radius 2 is 2.00 bits per heavy atom. The molecule has 1 aliphatic rings. The number of hydrogen-bond donors (Lipinski definition) is 1. The van der Waals surface area contributed by atoms with Crippen molar-refractivity contribution in [2.75, 3.05) is 0 Å². The number of rotatable bonds is 2. The van der Waals surface area contributed by atoms with Crippen LogP contribution in [0.2, 0.25) is 0 Å². The van der Waals surface area contributed by atoms with Crippen molar-refractivity contribution in [1.82, 2.24) is 19.7 Å². The number of H-pyrrole nitrogens is 1. The number of aromatic amines is 1. The quantitative estimate of drug-likeness (QED) is 0.579. The molecule has 0 saturated heterocycles. The van der Waals surface area contributed by atoms with Gasteiger partial charge >= 0.3 is 0 Å². The van der Waals surface area contributed by atoms with Crippen molar-refractivity contribution >= 4 is 21.9 Å². The Kier molecular flexibility index (Phi) is 2.98. The number of nitrogens with one attached hydrogen (secondary N) is 1. The Bertz CT molecular complexity index is 1030. The Hall–Kier alpha value is -2.62. The first-order valence-electron chi connectivity index (χ1n) is 8.70. The summed E-state index contributed by atoms with van der Waals surface area (Å²) in [5.41, 5.74) is 5.69. The highest BCUT2D eigenvalue weighted by Gasteiger charge is 2.19. The van der Waals surface area contributed by atoms with E-state index in [2.05, 4.69) is 52.8 Å². The number of nitrogens with zero attached hydrogens (tertiary/aromatic N) is 3. The van der Waals surface area contributed by atoms with Crippen molar-refractivity contribution in [3.8, 4) is 11.1 Å². The third-order valence-corrected chi connectivity index (χ3v) is 5.26. The van der Waals surface area contributed by atoms with E-state index >= 15 is 0 Å². The number of aryl methyl sites for hydroxylation is 1. The molecule has 1 saturated carbocycles. The Morgan fingerprint density at radius 1 is 1.12 bits per heavy atom. The van der Waals surface area contributed by atoms with Crippen molar-refractivity contribution in [1.29, 1.82) is 0 Å². The number of aromatic nitrogens is 4. The summed E-state index contributed by atoms with van der Waals surface area (Å²) in [6, 6.07) is 10.9. The SMILES string of the molecule is Cn1cc2cc(-c3c[nH]c4nc(C5CCCC5)ccc34)ccc2n1. The lowest BCUT2D eigenvalue weighted by molar-refractivity contribution is 0.700. The highest BCUT2D eigenvalue weighted by atomic mass is 15.2. The molecule has 1 aliphatic carbocycles. The van der Waals surface area contributed by atoms with E-state index in [0.717, 1.165) is 11.2 Å². The maximum Gasteiger partial charge on any atom is 0.138 e. The largest absolute Gasteiger partial charge is 0.346 e. The van der Waals surface area contributed by atoms with Crippen LogP contribution in [0.15, 0.2) is 42.7 Å². The van der Waals surface area contributed by atoms with E-state index in [9.17, 15) is 0 Å². The van der Waals surface area contributed by atoms with Gasteiger partial charge in [-0.25, -0.2) is 4.98 Å². The molecule has 3 heterocycles. The van der Waals surface area contributed by atoms with Gasteiger partial charge in [0.05, 0.1) is 5.52 Å². The molecule has 0 aliphatic heterocycles.